The Morgan fingerprint density at radius 3 is 2.54 bits per heavy atom. The fourth-order valence-corrected chi connectivity index (χ4v) is 2.78. The molecule has 7 heteroatoms. The number of likely N-dealkylation sites (tertiary alicyclic amines) is 1. The van der Waals surface area contributed by atoms with E-state index in [0.29, 0.717) is 25.6 Å². The van der Waals surface area contributed by atoms with Crippen LogP contribution in [0.4, 0.5) is 4.79 Å². The van der Waals surface area contributed by atoms with Crippen molar-refractivity contribution in [1.82, 2.24) is 20.2 Å². The maximum atomic E-state index is 12.2. The first-order valence-electron chi connectivity index (χ1n) is 7.91. The largest absolute Gasteiger partial charge is 0.460 e. The van der Waals surface area contributed by atoms with Crippen molar-refractivity contribution in [1.29, 1.82) is 0 Å². The van der Waals surface area contributed by atoms with Gasteiger partial charge in [0, 0.05) is 44.9 Å². The van der Waals surface area contributed by atoms with Crippen LogP contribution in [0.2, 0.25) is 0 Å². The second kappa shape index (κ2) is 8.10. The summed E-state index contributed by atoms with van der Waals surface area (Å²) in [4.78, 5) is 22.3. The van der Waals surface area contributed by atoms with Crippen LogP contribution in [0.1, 0.15) is 18.4 Å². The predicted molar refractivity (Wildman–Crippen MR) is 93.6 cm³/mol. The second-order valence-electron chi connectivity index (χ2n) is 5.63. The molecule has 1 aliphatic rings. The number of hydrogen-bond donors (Lipinski definition) is 1. The minimum absolute atomic E-state index is 0.0304. The van der Waals surface area contributed by atoms with Crippen LogP contribution in [0.3, 0.4) is 0 Å². The summed E-state index contributed by atoms with van der Waals surface area (Å²) < 4.78 is 6.59. The van der Waals surface area contributed by atoms with E-state index < -0.39 is 0 Å². The normalized spacial score (nSPS) is 15.1. The molecule has 3 rings (SSSR count). The van der Waals surface area contributed by atoms with Crippen LogP contribution >= 0.6 is 15.9 Å². The molecule has 0 saturated carbocycles. The Morgan fingerprint density at radius 1 is 1.21 bits per heavy atom. The lowest BCUT2D eigenvalue weighted by molar-refractivity contribution is 0.103. The van der Waals surface area contributed by atoms with E-state index in [0.717, 1.165) is 22.9 Å². The third kappa shape index (κ3) is 4.67. The lowest BCUT2D eigenvalue weighted by Crippen LogP contribution is -2.46. The first kappa shape index (κ1) is 16.7. The van der Waals surface area contributed by atoms with Gasteiger partial charge in [-0.2, -0.15) is 0 Å². The van der Waals surface area contributed by atoms with Gasteiger partial charge in [0.15, 0.2) is 0 Å². The number of benzene rings is 1. The van der Waals surface area contributed by atoms with E-state index in [1.54, 1.807) is 12.4 Å². The van der Waals surface area contributed by atoms with E-state index in [4.69, 9.17) is 4.74 Å². The number of hydrogen-bond acceptors (Lipinski definition) is 4. The van der Waals surface area contributed by atoms with Crippen LogP contribution < -0.4 is 10.1 Å². The minimum atomic E-state index is -0.0304. The van der Waals surface area contributed by atoms with Crippen molar-refractivity contribution in [3.05, 3.63) is 52.8 Å². The molecular weight excluding hydrogens is 372 g/mol. The topological polar surface area (TPSA) is 67.4 Å². The maximum Gasteiger partial charge on any atom is 0.317 e. The first-order valence-corrected chi connectivity index (χ1v) is 8.71. The van der Waals surface area contributed by atoms with Crippen molar-refractivity contribution in [2.45, 2.75) is 25.5 Å². The first-order chi connectivity index (χ1) is 11.7. The van der Waals surface area contributed by atoms with Gasteiger partial charge in [-0.1, -0.05) is 30.3 Å². The number of rotatable bonds is 4. The highest BCUT2D eigenvalue weighted by Crippen LogP contribution is 2.17. The molecule has 1 aromatic heterocycles. The Hall–Kier alpha value is -2.15. The number of carbonyl (C=O) groups excluding carboxylic acids is 1. The number of ether oxygens (including phenoxy) is 1. The lowest BCUT2D eigenvalue weighted by Gasteiger charge is -2.31. The quantitative estimate of drug-likeness (QED) is 0.870. The van der Waals surface area contributed by atoms with Gasteiger partial charge < -0.3 is 15.0 Å². The summed E-state index contributed by atoms with van der Waals surface area (Å²) in [7, 11) is 0. The zero-order valence-corrected chi connectivity index (χ0v) is 14.8. The molecule has 0 bridgehead atoms. The van der Waals surface area contributed by atoms with E-state index in [9.17, 15) is 4.79 Å². The highest BCUT2D eigenvalue weighted by Gasteiger charge is 2.24. The van der Waals surface area contributed by atoms with Gasteiger partial charge >= 0.3 is 12.0 Å². The average molecular weight is 391 g/mol. The number of amides is 2. The molecule has 2 amide bonds. The Labute approximate surface area is 149 Å². The molecule has 126 valence electrons. The van der Waals surface area contributed by atoms with Crippen molar-refractivity contribution in [3.63, 3.8) is 0 Å². The number of carbonyl (C=O) groups is 1. The summed E-state index contributed by atoms with van der Waals surface area (Å²) in [5.41, 5.74) is 1.09. The van der Waals surface area contributed by atoms with Crippen molar-refractivity contribution in [3.8, 4) is 6.01 Å². The smallest absolute Gasteiger partial charge is 0.317 e. The summed E-state index contributed by atoms with van der Waals surface area (Å²) in [6, 6.07) is 10.2. The highest BCUT2D eigenvalue weighted by molar-refractivity contribution is 9.10. The number of halogens is 1. The Morgan fingerprint density at radius 2 is 1.88 bits per heavy atom. The van der Waals surface area contributed by atoms with Crippen LogP contribution in [0.5, 0.6) is 6.01 Å². The van der Waals surface area contributed by atoms with Crippen LogP contribution in [0, 0.1) is 0 Å². The van der Waals surface area contributed by atoms with Gasteiger partial charge in [0.05, 0.1) is 4.47 Å². The molecule has 1 aromatic carbocycles. The van der Waals surface area contributed by atoms with Crippen LogP contribution in [-0.4, -0.2) is 40.1 Å². The van der Waals surface area contributed by atoms with Gasteiger partial charge in [0.1, 0.15) is 6.10 Å². The molecule has 0 spiro atoms. The van der Waals surface area contributed by atoms with Crippen molar-refractivity contribution in [2.24, 2.45) is 0 Å². The third-order valence-corrected chi connectivity index (χ3v) is 4.29. The number of piperidine rings is 1. The van der Waals surface area contributed by atoms with Gasteiger partial charge in [0.2, 0.25) is 0 Å². The third-order valence-electron chi connectivity index (χ3n) is 3.88. The van der Waals surface area contributed by atoms with Crippen LogP contribution in [-0.2, 0) is 6.54 Å². The summed E-state index contributed by atoms with van der Waals surface area (Å²) >= 11 is 3.29. The van der Waals surface area contributed by atoms with Gasteiger partial charge in [0.25, 0.3) is 0 Å². The molecule has 0 aliphatic carbocycles. The monoisotopic (exact) mass is 390 g/mol. The number of urea groups is 1. The molecule has 2 aromatic rings. The molecule has 6 nitrogen and oxygen atoms in total. The van der Waals surface area contributed by atoms with Gasteiger partial charge in [-0.25, -0.2) is 14.8 Å². The van der Waals surface area contributed by atoms with E-state index >= 15 is 0 Å². The van der Waals surface area contributed by atoms with Gasteiger partial charge in [-0.15, -0.1) is 0 Å². The minimum Gasteiger partial charge on any atom is -0.460 e. The van der Waals surface area contributed by atoms with E-state index in [1.165, 1.54) is 0 Å². The van der Waals surface area contributed by atoms with Crippen LogP contribution in [0.25, 0.3) is 0 Å². The van der Waals surface area contributed by atoms with Crippen molar-refractivity contribution < 1.29 is 9.53 Å². The average Bonchev–Trinajstić information content (AvgIpc) is 2.63. The van der Waals surface area contributed by atoms with Crippen LogP contribution in [0.15, 0.2) is 47.2 Å². The Bertz CT molecular complexity index is 658. The maximum absolute atomic E-state index is 12.2. The summed E-state index contributed by atoms with van der Waals surface area (Å²) in [6.07, 6.45) is 4.92. The number of aromatic nitrogens is 2. The molecule has 2 heterocycles. The molecule has 1 aliphatic heterocycles. The Balaban J connectivity index is 1.42. The molecule has 0 unspecified atom stereocenters. The Kier molecular flexibility index (Phi) is 5.63. The number of nitrogens with one attached hydrogen (secondary N) is 1. The number of nitrogens with zero attached hydrogens (tertiary/aromatic N) is 3. The zero-order valence-electron chi connectivity index (χ0n) is 13.2. The fraction of sp³-hybridized carbons (Fsp3) is 0.353. The fourth-order valence-electron chi connectivity index (χ4n) is 2.57. The molecule has 1 N–H and O–H groups in total. The van der Waals surface area contributed by atoms with Crippen molar-refractivity contribution in [2.75, 3.05) is 13.1 Å². The van der Waals surface area contributed by atoms with Crippen molar-refractivity contribution >= 4 is 22.0 Å². The predicted octanol–water partition coefficient (Wildman–Crippen LogP) is 2.99. The van der Waals surface area contributed by atoms with E-state index in [1.807, 2.05) is 35.2 Å². The SMILES string of the molecule is O=C(NCc1ccccc1)N1CCC(Oc2ncc(Br)cn2)CC1. The second-order valence-corrected chi connectivity index (χ2v) is 6.55. The summed E-state index contributed by atoms with van der Waals surface area (Å²) in [5.74, 6) is 0. The molecule has 1 saturated heterocycles. The van der Waals surface area contributed by atoms with E-state index in [-0.39, 0.29) is 12.1 Å². The molecule has 1 fully saturated rings. The molecule has 0 radical (unpaired) electrons. The van der Waals surface area contributed by atoms with E-state index in [2.05, 4.69) is 31.2 Å². The highest BCUT2D eigenvalue weighted by atomic mass is 79.9. The lowest BCUT2D eigenvalue weighted by atomic mass is 10.1. The van der Waals surface area contributed by atoms with Gasteiger partial charge in [-0.05, 0) is 21.5 Å². The van der Waals surface area contributed by atoms with Gasteiger partial charge in [-0.3, -0.25) is 0 Å². The molecular formula is C17H19BrN4O2. The molecule has 0 atom stereocenters. The summed E-state index contributed by atoms with van der Waals surface area (Å²) in [6.45, 7) is 1.88. The zero-order chi connectivity index (χ0) is 16.8. The summed E-state index contributed by atoms with van der Waals surface area (Å²) in [5, 5.41) is 2.96. The molecule has 24 heavy (non-hydrogen) atoms. The standard InChI is InChI=1S/C17H19BrN4O2/c18-14-11-19-16(20-12-14)24-15-6-8-22(9-7-15)17(23)21-10-13-4-2-1-3-5-13/h1-5,11-12,15H,6-10H2,(H,21,23).